The van der Waals surface area contributed by atoms with Crippen LogP contribution in [0, 0.1) is 11.7 Å². The largest absolute Gasteiger partial charge is 0.473 e. The molecule has 0 radical (unpaired) electrons. The van der Waals surface area contributed by atoms with Gasteiger partial charge in [0.05, 0.1) is 16.1 Å². The highest BCUT2D eigenvalue weighted by atomic mass is 35.5. The van der Waals surface area contributed by atoms with Crippen LogP contribution in [0.25, 0.3) is 22.2 Å². The maximum atomic E-state index is 16.5. The fourth-order valence-electron chi connectivity index (χ4n) is 7.41. The van der Waals surface area contributed by atoms with Gasteiger partial charge in [-0.15, -0.1) is 0 Å². The van der Waals surface area contributed by atoms with Gasteiger partial charge in [0.1, 0.15) is 41.3 Å². The Kier molecular flexibility index (Phi) is 6.77. The van der Waals surface area contributed by atoms with E-state index in [1.54, 1.807) is 0 Å². The third kappa shape index (κ3) is 4.79. The molecule has 4 atom stereocenters. The van der Waals surface area contributed by atoms with Crippen LogP contribution in [0.2, 0.25) is 5.02 Å². The molecule has 43 heavy (non-hydrogen) atoms. The summed E-state index contributed by atoms with van der Waals surface area (Å²) in [5.74, 6) is -0.804. The van der Waals surface area contributed by atoms with E-state index in [-0.39, 0.29) is 52.9 Å². The first-order valence-corrected chi connectivity index (χ1v) is 14.8. The lowest BCUT2D eigenvalue weighted by atomic mass is 9.95. The van der Waals surface area contributed by atoms with Gasteiger partial charge in [-0.05, 0) is 50.8 Å². The fourth-order valence-corrected chi connectivity index (χ4v) is 7.74. The summed E-state index contributed by atoms with van der Waals surface area (Å²) in [6.45, 7) is 1.74. The number of nitrogens with two attached hydrogens (primary N) is 1. The maximum absolute atomic E-state index is 16.5. The molecule has 7 rings (SSSR count). The minimum absolute atomic E-state index is 0.0697. The minimum Gasteiger partial charge on any atom is -0.473 e. The Morgan fingerprint density at radius 1 is 1.16 bits per heavy atom. The van der Waals surface area contributed by atoms with Crippen molar-refractivity contribution in [2.24, 2.45) is 5.92 Å². The average Bonchev–Trinajstić information content (AvgIpc) is 3.60. The lowest BCUT2D eigenvalue weighted by Crippen LogP contribution is -2.43. The summed E-state index contributed by atoms with van der Waals surface area (Å²) in [5, 5.41) is -0.547. The number of benzene rings is 1. The number of halogens is 6. The Morgan fingerprint density at radius 2 is 1.98 bits per heavy atom. The molecule has 2 saturated heterocycles. The molecule has 3 aromatic rings. The summed E-state index contributed by atoms with van der Waals surface area (Å²) in [6, 6.07) is 1.79. The second-order valence-electron chi connectivity index (χ2n) is 12.1. The van der Waals surface area contributed by atoms with Crippen molar-refractivity contribution in [1.29, 1.82) is 0 Å². The van der Waals surface area contributed by atoms with E-state index >= 15 is 4.39 Å². The third-order valence-corrected chi connectivity index (χ3v) is 9.61. The van der Waals surface area contributed by atoms with E-state index in [2.05, 4.69) is 19.9 Å². The average molecular weight is 625 g/mol. The van der Waals surface area contributed by atoms with Crippen molar-refractivity contribution < 1.29 is 31.4 Å². The number of pyridine rings is 1. The Balaban J connectivity index is 1.42. The van der Waals surface area contributed by atoms with Gasteiger partial charge >= 0.3 is 12.2 Å². The smallest absolute Gasteiger partial charge is 0.418 e. The first-order valence-electron chi connectivity index (χ1n) is 14.4. The quantitative estimate of drug-likeness (QED) is 0.278. The van der Waals surface area contributed by atoms with Gasteiger partial charge in [-0.25, -0.2) is 13.8 Å². The van der Waals surface area contributed by atoms with E-state index in [9.17, 15) is 17.6 Å². The monoisotopic (exact) mass is 624 g/mol. The highest BCUT2D eigenvalue weighted by Gasteiger charge is 2.49. The molecule has 3 aliphatic heterocycles. The number of nitrogens with zero attached hydrogens (tertiary/aromatic N) is 5. The molecular formula is C29H30ClF5N6O2. The predicted molar refractivity (Wildman–Crippen MR) is 151 cm³/mol. The summed E-state index contributed by atoms with van der Waals surface area (Å²) in [4.78, 5) is 17.3. The van der Waals surface area contributed by atoms with Crippen LogP contribution in [0.1, 0.15) is 44.1 Å². The molecule has 2 N–H and O–H groups in total. The van der Waals surface area contributed by atoms with E-state index < -0.39 is 45.5 Å². The van der Waals surface area contributed by atoms with Crippen molar-refractivity contribution >= 4 is 34.0 Å². The van der Waals surface area contributed by atoms with Crippen LogP contribution in [-0.4, -0.2) is 71.0 Å². The molecule has 2 aromatic heterocycles. The van der Waals surface area contributed by atoms with Crippen LogP contribution in [0.3, 0.4) is 0 Å². The number of nitrogen functional groups attached to an aromatic ring is 1. The van der Waals surface area contributed by atoms with Crippen LogP contribution in [-0.2, 0) is 6.18 Å². The highest BCUT2D eigenvalue weighted by Crippen LogP contribution is 2.47. The number of aromatic nitrogens is 3. The van der Waals surface area contributed by atoms with Gasteiger partial charge in [-0.3, -0.25) is 4.90 Å². The molecule has 3 fully saturated rings. The van der Waals surface area contributed by atoms with Gasteiger partial charge in [0.2, 0.25) is 5.88 Å². The summed E-state index contributed by atoms with van der Waals surface area (Å²) < 4.78 is 86.0. The van der Waals surface area contributed by atoms with Gasteiger partial charge in [-0.2, -0.15) is 23.1 Å². The van der Waals surface area contributed by atoms with Crippen LogP contribution in [0.4, 0.5) is 33.5 Å². The maximum Gasteiger partial charge on any atom is 0.418 e. The van der Waals surface area contributed by atoms with Crippen LogP contribution in [0.15, 0.2) is 12.1 Å². The number of fused-ring (bicyclic) bond motifs is 2. The van der Waals surface area contributed by atoms with E-state index in [0.29, 0.717) is 19.5 Å². The lowest BCUT2D eigenvalue weighted by Gasteiger charge is -2.32. The molecule has 2 unspecified atom stereocenters. The van der Waals surface area contributed by atoms with E-state index in [1.165, 1.54) is 0 Å². The number of hydrogen-bond donors (Lipinski definition) is 1. The van der Waals surface area contributed by atoms with Gasteiger partial charge < -0.3 is 20.1 Å². The van der Waals surface area contributed by atoms with Gasteiger partial charge in [-0.1, -0.05) is 11.6 Å². The second-order valence-corrected chi connectivity index (χ2v) is 12.6. The molecule has 14 heteroatoms. The summed E-state index contributed by atoms with van der Waals surface area (Å²) in [6.07, 6.45) is -1.72. The van der Waals surface area contributed by atoms with E-state index in [0.717, 1.165) is 50.8 Å². The molecule has 1 saturated carbocycles. The van der Waals surface area contributed by atoms with Crippen molar-refractivity contribution in [1.82, 2.24) is 19.9 Å². The zero-order valence-electron chi connectivity index (χ0n) is 23.4. The molecule has 0 amide bonds. The third-order valence-electron chi connectivity index (χ3n) is 9.32. The Bertz CT molecular complexity index is 1610. The zero-order valence-corrected chi connectivity index (χ0v) is 24.1. The van der Waals surface area contributed by atoms with E-state index in [4.69, 9.17) is 26.8 Å². The van der Waals surface area contributed by atoms with Crippen molar-refractivity contribution in [3.8, 4) is 23.1 Å². The Labute approximate surface area is 249 Å². The van der Waals surface area contributed by atoms with Crippen molar-refractivity contribution in [2.75, 3.05) is 43.9 Å². The molecule has 1 aromatic carbocycles. The summed E-state index contributed by atoms with van der Waals surface area (Å²) in [7, 11) is 1.81. The minimum atomic E-state index is -4.93. The summed E-state index contributed by atoms with van der Waals surface area (Å²) >= 11 is 6.01. The molecule has 1 aliphatic carbocycles. The second kappa shape index (κ2) is 10.2. The SMILES string of the molecule is CN1CC2CCCC2Oc2nc(-c3cc(N)cc(Cl)c3C(F)(F)F)c(F)c3nc(OC[C@@]45CCCN4C[C@H](F)C5)nc1c23. The molecule has 230 valence electrons. The number of rotatable bonds is 4. The number of ether oxygens (including phenoxy) is 2. The number of alkyl halides is 4. The molecule has 0 spiro atoms. The molecular weight excluding hydrogens is 595 g/mol. The standard InChI is InChI=1S/C29H30ClF5N6O2/c1-40-11-14-4-2-5-19(14)43-26-20-24(22(32)23(37-26)17-8-16(36)9-18(30)21(17)29(33,34)35)38-27(39-25(20)40)42-13-28-6-3-7-41(28)12-15(31)10-28/h8-9,14-15,19H,2-7,10-13,36H2,1H3/t14?,15-,19?,28+/m1/s1. The molecule has 0 bridgehead atoms. The topological polar surface area (TPSA) is 89.6 Å². The Morgan fingerprint density at radius 3 is 2.77 bits per heavy atom. The lowest BCUT2D eigenvalue weighted by molar-refractivity contribution is -0.137. The fraction of sp³-hybridized carbons (Fsp3) is 0.552. The highest BCUT2D eigenvalue weighted by molar-refractivity contribution is 6.32. The zero-order chi connectivity index (χ0) is 30.3. The van der Waals surface area contributed by atoms with Gasteiger partial charge in [0.15, 0.2) is 5.82 Å². The molecule has 5 heterocycles. The van der Waals surface area contributed by atoms with Crippen molar-refractivity contribution in [3.05, 3.63) is 28.5 Å². The van der Waals surface area contributed by atoms with Gasteiger partial charge in [0.25, 0.3) is 0 Å². The predicted octanol–water partition coefficient (Wildman–Crippen LogP) is 6.04. The molecule has 4 aliphatic rings. The Hall–Kier alpha value is -3.19. The van der Waals surface area contributed by atoms with E-state index in [1.807, 2.05) is 11.9 Å². The van der Waals surface area contributed by atoms with Crippen molar-refractivity contribution in [2.45, 2.75) is 62.5 Å². The number of hydrogen-bond acceptors (Lipinski definition) is 8. The first kappa shape index (κ1) is 28.6. The van der Waals surface area contributed by atoms with Gasteiger partial charge in [0, 0.05) is 43.7 Å². The number of anilines is 2. The van der Waals surface area contributed by atoms with Crippen LogP contribution in [0.5, 0.6) is 11.9 Å². The normalized spacial score (nSPS) is 27.1. The van der Waals surface area contributed by atoms with Crippen LogP contribution < -0.4 is 20.1 Å². The van der Waals surface area contributed by atoms with Crippen molar-refractivity contribution in [3.63, 3.8) is 0 Å². The van der Waals surface area contributed by atoms with Crippen LogP contribution >= 0.6 is 11.6 Å². The summed E-state index contributed by atoms with van der Waals surface area (Å²) in [5.41, 5.74) is 2.43. The molecule has 8 nitrogen and oxygen atoms in total. The first-order chi connectivity index (χ1) is 20.4.